The largest absolute Gasteiger partial charge is 0.384 e. The van der Waals surface area contributed by atoms with Gasteiger partial charge in [-0.3, -0.25) is 0 Å². The van der Waals surface area contributed by atoms with Crippen molar-refractivity contribution >= 4 is 0 Å². The maximum Gasteiger partial charge on any atom is 0.0511 e. The lowest BCUT2D eigenvalue weighted by atomic mass is 9.76. The maximum absolute atomic E-state index is 5.53. The van der Waals surface area contributed by atoms with Crippen LogP contribution >= 0.6 is 0 Å². The van der Waals surface area contributed by atoms with Gasteiger partial charge in [0.15, 0.2) is 0 Å². The SMILES string of the molecule is COC[C@H]1[C@@H](c2ccc(C)cc2)C[C@@H]2CC[C@H]1N2C. The summed E-state index contributed by atoms with van der Waals surface area (Å²) in [5.74, 6) is 1.32. The first-order valence-corrected chi connectivity index (χ1v) is 7.48. The highest BCUT2D eigenvalue weighted by molar-refractivity contribution is 5.27. The normalized spacial score (nSPS) is 34.7. The van der Waals surface area contributed by atoms with Crippen LogP contribution in [-0.2, 0) is 4.74 Å². The maximum atomic E-state index is 5.53. The molecule has 2 nitrogen and oxygen atoms in total. The first-order chi connectivity index (χ1) is 9.20. The molecule has 2 aliphatic heterocycles. The highest BCUT2D eigenvalue weighted by Crippen LogP contribution is 2.46. The highest BCUT2D eigenvalue weighted by Gasteiger charge is 2.45. The quantitative estimate of drug-likeness (QED) is 0.826. The van der Waals surface area contributed by atoms with E-state index in [4.69, 9.17) is 4.74 Å². The first kappa shape index (κ1) is 13.1. The molecule has 104 valence electrons. The van der Waals surface area contributed by atoms with Gasteiger partial charge < -0.3 is 9.64 Å². The number of ether oxygens (including phenoxy) is 1. The summed E-state index contributed by atoms with van der Waals surface area (Å²) in [6.07, 6.45) is 4.01. The van der Waals surface area contributed by atoms with Gasteiger partial charge in [-0.05, 0) is 44.7 Å². The predicted octanol–water partition coefficient (Wildman–Crippen LogP) is 3.21. The summed E-state index contributed by atoms with van der Waals surface area (Å²) in [5.41, 5.74) is 2.86. The fourth-order valence-electron chi connectivity index (χ4n) is 4.19. The van der Waals surface area contributed by atoms with Gasteiger partial charge in [-0.2, -0.15) is 0 Å². The highest BCUT2D eigenvalue weighted by atomic mass is 16.5. The predicted molar refractivity (Wildman–Crippen MR) is 78.5 cm³/mol. The van der Waals surface area contributed by atoms with E-state index in [0.717, 1.165) is 12.6 Å². The lowest BCUT2D eigenvalue weighted by Crippen LogP contribution is -2.47. The molecule has 0 unspecified atom stereocenters. The van der Waals surface area contributed by atoms with Crippen LogP contribution in [0.1, 0.15) is 36.3 Å². The molecule has 2 bridgehead atoms. The second-order valence-electron chi connectivity index (χ2n) is 6.34. The monoisotopic (exact) mass is 259 g/mol. The third-order valence-electron chi connectivity index (χ3n) is 5.30. The standard InChI is InChI=1S/C17H25NO/c1-12-4-6-13(7-5-12)15-10-14-8-9-17(18(14)2)16(15)11-19-3/h4-7,14-17H,8-11H2,1-3H3/t14-,15+,16-,17+/m0/s1. The number of hydrogen-bond donors (Lipinski definition) is 0. The minimum absolute atomic E-state index is 0.649. The van der Waals surface area contributed by atoms with Crippen LogP contribution in [0.15, 0.2) is 24.3 Å². The Morgan fingerprint density at radius 2 is 1.95 bits per heavy atom. The second kappa shape index (κ2) is 5.26. The summed E-state index contributed by atoms with van der Waals surface area (Å²) in [6.45, 7) is 3.05. The zero-order valence-electron chi connectivity index (χ0n) is 12.3. The summed E-state index contributed by atoms with van der Waals surface area (Å²) < 4.78 is 5.53. The molecular formula is C17H25NO. The smallest absolute Gasteiger partial charge is 0.0511 e. The van der Waals surface area contributed by atoms with E-state index >= 15 is 0 Å². The molecule has 1 aromatic rings. The van der Waals surface area contributed by atoms with E-state index in [1.165, 1.54) is 30.4 Å². The number of fused-ring (bicyclic) bond motifs is 2. The Hall–Kier alpha value is -0.860. The van der Waals surface area contributed by atoms with Crippen molar-refractivity contribution < 1.29 is 4.74 Å². The third kappa shape index (κ3) is 2.32. The van der Waals surface area contributed by atoms with Crippen molar-refractivity contribution in [2.24, 2.45) is 5.92 Å². The Balaban J connectivity index is 1.88. The molecule has 0 amide bonds. The van der Waals surface area contributed by atoms with Crippen LogP contribution in [0.25, 0.3) is 0 Å². The van der Waals surface area contributed by atoms with Crippen LogP contribution < -0.4 is 0 Å². The van der Waals surface area contributed by atoms with E-state index < -0.39 is 0 Å². The van der Waals surface area contributed by atoms with Crippen molar-refractivity contribution in [2.45, 2.75) is 44.2 Å². The summed E-state index contributed by atoms with van der Waals surface area (Å²) >= 11 is 0. The Kier molecular flexibility index (Phi) is 3.64. The van der Waals surface area contributed by atoms with Crippen LogP contribution in [0, 0.1) is 12.8 Å². The van der Waals surface area contributed by atoms with Gasteiger partial charge in [0.1, 0.15) is 0 Å². The van der Waals surface area contributed by atoms with Gasteiger partial charge in [0.05, 0.1) is 6.61 Å². The van der Waals surface area contributed by atoms with Gasteiger partial charge in [-0.25, -0.2) is 0 Å². The molecule has 2 saturated heterocycles. The molecule has 0 radical (unpaired) electrons. The van der Waals surface area contributed by atoms with Crippen molar-refractivity contribution in [2.75, 3.05) is 20.8 Å². The summed E-state index contributed by atoms with van der Waals surface area (Å²) in [4.78, 5) is 2.61. The van der Waals surface area contributed by atoms with E-state index in [1.54, 1.807) is 0 Å². The molecule has 0 aromatic heterocycles. The van der Waals surface area contributed by atoms with Crippen LogP contribution in [0.3, 0.4) is 0 Å². The van der Waals surface area contributed by atoms with Gasteiger partial charge in [0.25, 0.3) is 0 Å². The molecule has 2 aliphatic rings. The van der Waals surface area contributed by atoms with Crippen LogP contribution in [0.4, 0.5) is 0 Å². The molecule has 0 saturated carbocycles. The lowest BCUT2D eigenvalue weighted by Gasteiger charge is -2.43. The van der Waals surface area contributed by atoms with Gasteiger partial charge in [-0.15, -0.1) is 0 Å². The summed E-state index contributed by atoms with van der Waals surface area (Å²) in [7, 11) is 4.14. The molecular weight excluding hydrogens is 234 g/mol. The van der Waals surface area contributed by atoms with Crippen molar-refractivity contribution in [3.63, 3.8) is 0 Å². The lowest BCUT2D eigenvalue weighted by molar-refractivity contribution is 0.0405. The number of piperidine rings is 1. The topological polar surface area (TPSA) is 12.5 Å². The molecule has 19 heavy (non-hydrogen) atoms. The Morgan fingerprint density at radius 3 is 2.63 bits per heavy atom. The van der Waals surface area contributed by atoms with Gasteiger partial charge in [-0.1, -0.05) is 29.8 Å². The molecule has 2 heteroatoms. The van der Waals surface area contributed by atoms with Gasteiger partial charge in [0, 0.05) is 25.1 Å². The van der Waals surface area contributed by atoms with Crippen LogP contribution in [0.5, 0.6) is 0 Å². The number of methoxy groups -OCH3 is 1. The Morgan fingerprint density at radius 1 is 1.21 bits per heavy atom. The zero-order chi connectivity index (χ0) is 13.4. The van der Waals surface area contributed by atoms with Gasteiger partial charge in [0.2, 0.25) is 0 Å². The molecule has 4 atom stereocenters. The number of nitrogens with zero attached hydrogens (tertiary/aromatic N) is 1. The van der Waals surface area contributed by atoms with E-state index in [1.807, 2.05) is 7.11 Å². The fraction of sp³-hybridized carbons (Fsp3) is 0.647. The van der Waals surface area contributed by atoms with Crippen molar-refractivity contribution in [1.29, 1.82) is 0 Å². The number of rotatable bonds is 3. The minimum atomic E-state index is 0.649. The van der Waals surface area contributed by atoms with Crippen LogP contribution in [-0.4, -0.2) is 37.7 Å². The number of hydrogen-bond acceptors (Lipinski definition) is 2. The third-order valence-corrected chi connectivity index (χ3v) is 5.30. The summed E-state index contributed by atoms with van der Waals surface area (Å²) in [6, 6.07) is 10.6. The van der Waals surface area contributed by atoms with Crippen LogP contribution in [0.2, 0.25) is 0 Å². The van der Waals surface area contributed by atoms with E-state index in [-0.39, 0.29) is 0 Å². The summed E-state index contributed by atoms with van der Waals surface area (Å²) in [5, 5.41) is 0. The fourth-order valence-corrected chi connectivity index (χ4v) is 4.19. The van der Waals surface area contributed by atoms with E-state index in [9.17, 15) is 0 Å². The zero-order valence-corrected chi connectivity index (χ0v) is 12.3. The Bertz CT molecular complexity index is 427. The molecule has 0 N–H and O–H groups in total. The van der Waals surface area contributed by atoms with Crippen molar-refractivity contribution in [1.82, 2.24) is 4.90 Å². The van der Waals surface area contributed by atoms with E-state index in [0.29, 0.717) is 17.9 Å². The van der Waals surface area contributed by atoms with Crippen molar-refractivity contribution in [3.05, 3.63) is 35.4 Å². The molecule has 0 spiro atoms. The molecule has 3 rings (SSSR count). The van der Waals surface area contributed by atoms with Gasteiger partial charge >= 0.3 is 0 Å². The van der Waals surface area contributed by atoms with Crippen molar-refractivity contribution in [3.8, 4) is 0 Å². The average molecular weight is 259 g/mol. The molecule has 2 heterocycles. The molecule has 1 aromatic carbocycles. The Labute approximate surface area is 116 Å². The van der Waals surface area contributed by atoms with E-state index in [2.05, 4.69) is 43.1 Å². The molecule has 2 fully saturated rings. The average Bonchev–Trinajstić information content (AvgIpc) is 2.65. The molecule has 0 aliphatic carbocycles. The number of aryl methyl sites for hydroxylation is 1. The number of benzene rings is 1. The minimum Gasteiger partial charge on any atom is -0.384 e. The first-order valence-electron chi connectivity index (χ1n) is 7.48. The second-order valence-corrected chi connectivity index (χ2v) is 6.34.